The van der Waals surface area contributed by atoms with Crippen molar-refractivity contribution in [1.82, 2.24) is 0 Å². The summed E-state index contributed by atoms with van der Waals surface area (Å²) in [6.45, 7) is 0. The molecule has 3 aromatic rings. The minimum Gasteiger partial charge on any atom is -0.465 e. The Balaban J connectivity index is 2.15. The molecule has 0 aliphatic carbocycles. The Kier molecular flexibility index (Phi) is 4.32. The van der Waals surface area contributed by atoms with Crippen LogP contribution in [0.3, 0.4) is 0 Å². The molecule has 0 fully saturated rings. The highest BCUT2D eigenvalue weighted by Gasteiger charge is 2.11. The first kappa shape index (κ1) is 14.8. The van der Waals surface area contributed by atoms with Gasteiger partial charge in [0.05, 0.1) is 12.8 Å². The van der Waals surface area contributed by atoms with E-state index in [0.29, 0.717) is 5.57 Å². The van der Waals surface area contributed by atoms with Crippen LogP contribution < -0.4 is 0 Å². The summed E-state index contributed by atoms with van der Waals surface area (Å²) < 4.78 is 4.84. The molecule has 0 N–H and O–H groups in total. The minimum atomic E-state index is -0.458. The molecule has 0 heterocycles. The van der Waals surface area contributed by atoms with E-state index >= 15 is 0 Å². The number of carbonyl (C=O) groups is 1. The predicted octanol–water partition coefficient (Wildman–Crippen LogP) is 4.40. The van der Waals surface area contributed by atoms with Crippen LogP contribution in [-0.4, -0.2) is 18.9 Å². The Hall–Kier alpha value is -3.16. The van der Waals surface area contributed by atoms with Gasteiger partial charge in [-0.05, 0) is 17.0 Å². The van der Waals surface area contributed by atoms with Crippen LogP contribution in [0.1, 0.15) is 5.56 Å². The molecule has 3 heteroatoms. The number of hydrogen-bond donors (Lipinski definition) is 0. The molecule has 112 valence electrons. The Morgan fingerprint density at radius 2 is 1.61 bits per heavy atom. The summed E-state index contributed by atoms with van der Waals surface area (Å²) >= 11 is 0. The largest absolute Gasteiger partial charge is 0.465 e. The van der Waals surface area contributed by atoms with Crippen molar-refractivity contribution in [2.45, 2.75) is 0 Å². The monoisotopic (exact) mass is 301 g/mol. The number of hydrogen-bond acceptors (Lipinski definition) is 3. The summed E-state index contributed by atoms with van der Waals surface area (Å²) in [5.74, 6) is 2.40. The lowest BCUT2D eigenvalue weighted by Crippen LogP contribution is -2.04. The van der Waals surface area contributed by atoms with Gasteiger partial charge in [-0.15, -0.1) is 0 Å². The van der Waals surface area contributed by atoms with E-state index in [1.165, 1.54) is 7.11 Å². The summed E-state index contributed by atoms with van der Waals surface area (Å²) in [5, 5.41) is 2.11. The van der Waals surface area contributed by atoms with Crippen molar-refractivity contribution in [2.75, 3.05) is 7.11 Å². The molecule has 0 bridgehead atoms. The van der Waals surface area contributed by atoms with E-state index in [-0.39, 0.29) is 0 Å². The third-order valence-electron chi connectivity index (χ3n) is 3.51. The van der Waals surface area contributed by atoms with Gasteiger partial charge in [0.2, 0.25) is 0 Å². The van der Waals surface area contributed by atoms with Gasteiger partial charge in [0.15, 0.2) is 0 Å². The molecule has 3 rings (SSSR count). The Morgan fingerprint density at radius 3 is 2.39 bits per heavy atom. The zero-order valence-electron chi connectivity index (χ0n) is 12.7. The van der Waals surface area contributed by atoms with Gasteiger partial charge >= 0.3 is 5.97 Å². The fraction of sp³-hybridized carbons (Fsp3) is 0.0500. The number of esters is 1. The van der Waals surface area contributed by atoms with Crippen LogP contribution in [0.15, 0.2) is 77.8 Å². The molecule has 3 nitrogen and oxygen atoms in total. The third kappa shape index (κ3) is 3.20. The molecule has 3 aromatic carbocycles. The second-order valence-corrected chi connectivity index (χ2v) is 4.95. The van der Waals surface area contributed by atoms with Crippen LogP contribution in [0.2, 0.25) is 0 Å². The molecule has 0 unspecified atom stereocenters. The SMILES string of the molecule is COC(=O)C(=C=Nc1cccc2ccccc12)c1ccccc1. The number of nitrogens with zero attached hydrogens (tertiary/aromatic N) is 1. The summed E-state index contributed by atoms with van der Waals surface area (Å²) in [4.78, 5) is 16.4. The van der Waals surface area contributed by atoms with Gasteiger partial charge in [-0.2, -0.15) is 0 Å². The number of fused-ring (bicyclic) bond motifs is 1. The topological polar surface area (TPSA) is 38.7 Å². The summed E-state index contributed by atoms with van der Waals surface area (Å²) in [7, 11) is 1.35. The highest BCUT2D eigenvalue weighted by Crippen LogP contribution is 2.25. The molecule has 0 aliphatic rings. The average molecular weight is 301 g/mol. The van der Waals surface area contributed by atoms with Crippen molar-refractivity contribution in [2.24, 2.45) is 4.99 Å². The van der Waals surface area contributed by atoms with Crippen molar-refractivity contribution < 1.29 is 9.53 Å². The van der Waals surface area contributed by atoms with Gasteiger partial charge in [-0.25, -0.2) is 9.79 Å². The van der Waals surface area contributed by atoms with E-state index in [0.717, 1.165) is 22.0 Å². The van der Waals surface area contributed by atoms with Crippen LogP contribution >= 0.6 is 0 Å². The van der Waals surface area contributed by atoms with Gasteiger partial charge in [0.1, 0.15) is 5.57 Å². The number of rotatable bonds is 3. The summed E-state index contributed by atoms with van der Waals surface area (Å²) in [6, 6.07) is 23.1. The quantitative estimate of drug-likeness (QED) is 0.408. The maximum atomic E-state index is 12.0. The fourth-order valence-corrected chi connectivity index (χ4v) is 2.36. The van der Waals surface area contributed by atoms with E-state index in [1.807, 2.05) is 72.8 Å². The lowest BCUT2D eigenvalue weighted by molar-refractivity contribution is -0.133. The van der Waals surface area contributed by atoms with Crippen LogP contribution in [0.25, 0.3) is 16.3 Å². The molecular formula is C20H15NO2. The number of benzene rings is 3. The summed E-state index contributed by atoms with van der Waals surface area (Å²) in [6.07, 6.45) is 0. The van der Waals surface area contributed by atoms with E-state index in [1.54, 1.807) is 0 Å². The lowest BCUT2D eigenvalue weighted by Gasteiger charge is -2.02. The first-order valence-corrected chi connectivity index (χ1v) is 7.25. The molecule has 0 aliphatic heterocycles. The van der Waals surface area contributed by atoms with Crippen LogP contribution in [0, 0.1) is 0 Å². The van der Waals surface area contributed by atoms with Crippen molar-refractivity contribution in [3.05, 3.63) is 78.4 Å². The zero-order chi connectivity index (χ0) is 16.1. The fourth-order valence-electron chi connectivity index (χ4n) is 2.36. The lowest BCUT2D eigenvalue weighted by atomic mass is 10.1. The first-order chi connectivity index (χ1) is 11.3. The average Bonchev–Trinajstić information content (AvgIpc) is 2.62. The number of methoxy groups -OCH3 is 1. The highest BCUT2D eigenvalue weighted by atomic mass is 16.5. The number of carbonyl (C=O) groups excluding carboxylic acids is 1. The molecule has 0 atom stereocenters. The molecule has 0 amide bonds. The van der Waals surface area contributed by atoms with Crippen LogP contribution in [-0.2, 0) is 9.53 Å². The van der Waals surface area contributed by atoms with Gasteiger partial charge in [-0.3, -0.25) is 0 Å². The van der Waals surface area contributed by atoms with Crippen molar-refractivity contribution in [3.63, 3.8) is 0 Å². The Morgan fingerprint density at radius 1 is 0.913 bits per heavy atom. The predicted molar refractivity (Wildman–Crippen MR) is 92.9 cm³/mol. The van der Waals surface area contributed by atoms with E-state index < -0.39 is 5.97 Å². The highest BCUT2D eigenvalue weighted by molar-refractivity contribution is 6.26. The van der Waals surface area contributed by atoms with Gasteiger partial charge < -0.3 is 4.74 Å². The molecule has 0 saturated carbocycles. The Labute approximate surface area is 134 Å². The molecular weight excluding hydrogens is 286 g/mol. The second kappa shape index (κ2) is 6.73. The van der Waals surface area contributed by atoms with Gasteiger partial charge in [0, 0.05) is 11.3 Å². The number of ether oxygens (including phenoxy) is 1. The van der Waals surface area contributed by atoms with Crippen LogP contribution in [0.5, 0.6) is 0 Å². The second-order valence-electron chi connectivity index (χ2n) is 4.95. The molecule has 23 heavy (non-hydrogen) atoms. The molecule has 0 aromatic heterocycles. The third-order valence-corrected chi connectivity index (χ3v) is 3.51. The van der Waals surface area contributed by atoms with Crippen molar-refractivity contribution in [3.8, 4) is 0 Å². The zero-order valence-corrected chi connectivity index (χ0v) is 12.7. The van der Waals surface area contributed by atoms with E-state index in [9.17, 15) is 4.79 Å². The van der Waals surface area contributed by atoms with Crippen molar-refractivity contribution in [1.29, 1.82) is 0 Å². The molecule has 0 radical (unpaired) electrons. The molecule has 0 spiro atoms. The van der Waals surface area contributed by atoms with E-state index in [4.69, 9.17) is 4.74 Å². The maximum Gasteiger partial charge on any atom is 0.348 e. The first-order valence-electron chi connectivity index (χ1n) is 7.25. The normalized spacial score (nSPS) is 9.96. The van der Waals surface area contributed by atoms with Crippen LogP contribution in [0.4, 0.5) is 5.69 Å². The number of aliphatic imine (C=N–C) groups is 1. The minimum absolute atomic E-state index is 0.307. The summed E-state index contributed by atoms with van der Waals surface area (Å²) in [5.41, 5.74) is 1.80. The Bertz CT molecular complexity index is 902. The van der Waals surface area contributed by atoms with E-state index in [2.05, 4.69) is 10.9 Å². The smallest absolute Gasteiger partial charge is 0.348 e. The van der Waals surface area contributed by atoms with Crippen molar-refractivity contribution >= 4 is 33.9 Å². The van der Waals surface area contributed by atoms with Gasteiger partial charge in [0.25, 0.3) is 0 Å². The molecule has 0 saturated heterocycles. The maximum absolute atomic E-state index is 12.0. The standard InChI is InChI=1S/C20H15NO2/c1-23-20(22)18(16-8-3-2-4-9-16)14-21-19-13-7-11-15-10-5-6-12-17(15)19/h2-13H,1H3. The van der Waals surface area contributed by atoms with Gasteiger partial charge in [-0.1, -0.05) is 66.7 Å².